The minimum Gasteiger partial charge on any atom is -0.391 e. The van der Waals surface area contributed by atoms with Crippen LogP contribution in [0.2, 0.25) is 0 Å². The Kier molecular flexibility index (Phi) is 10.5. The van der Waals surface area contributed by atoms with E-state index >= 15 is 0 Å². The summed E-state index contributed by atoms with van der Waals surface area (Å²) in [5.74, 6) is -0.433. The molecule has 0 saturated heterocycles. The Labute approximate surface area is 237 Å². The lowest BCUT2D eigenvalue weighted by atomic mass is 9.99. The number of aliphatic hydroxyl groups is 2. The first-order valence-electron chi connectivity index (χ1n) is 14.3. The van der Waals surface area contributed by atoms with Gasteiger partial charge in [-0.3, -0.25) is 9.59 Å². The zero-order valence-corrected chi connectivity index (χ0v) is 23.4. The first-order valence-corrected chi connectivity index (χ1v) is 14.3. The van der Waals surface area contributed by atoms with Crippen molar-refractivity contribution in [1.82, 2.24) is 15.5 Å². The number of nitrogens with one attached hydrogen (secondary N) is 2. The SMILES string of the molecule is CCCN(CCC)C(=O)c1cccc(C(=O)N[C@@H](Cc2ccccc2)[C@H](O)CN[C@H]2c3ccccc3C[C@H]2O)c1. The van der Waals surface area contributed by atoms with Gasteiger partial charge in [0.15, 0.2) is 0 Å². The summed E-state index contributed by atoms with van der Waals surface area (Å²) >= 11 is 0. The van der Waals surface area contributed by atoms with Gasteiger partial charge >= 0.3 is 0 Å². The summed E-state index contributed by atoms with van der Waals surface area (Å²) in [6.07, 6.45) is 1.23. The number of carbonyl (C=O) groups excluding carboxylic acids is 2. The fourth-order valence-electron chi connectivity index (χ4n) is 5.44. The van der Waals surface area contributed by atoms with Gasteiger partial charge in [0.25, 0.3) is 11.8 Å². The van der Waals surface area contributed by atoms with Gasteiger partial charge in [-0.2, -0.15) is 0 Å². The quantitative estimate of drug-likeness (QED) is 0.262. The normalized spacial score (nSPS) is 17.6. The summed E-state index contributed by atoms with van der Waals surface area (Å²) < 4.78 is 0. The molecule has 1 aliphatic carbocycles. The topological polar surface area (TPSA) is 102 Å². The highest BCUT2D eigenvalue weighted by molar-refractivity contribution is 5.99. The lowest BCUT2D eigenvalue weighted by Gasteiger charge is -2.27. The molecular weight excluding hydrogens is 502 g/mol. The molecule has 7 nitrogen and oxygen atoms in total. The smallest absolute Gasteiger partial charge is 0.253 e. The number of rotatable bonds is 13. The van der Waals surface area contributed by atoms with Crippen molar-refractivity contribution in [2.45, 2.75) is 63.8 Å². The largest absolute Gasteiger partial charge is 0.391 e. The average Bonchev–Trinajstić information content (AvgIpc) is 3.30. The van der Waals surface area contributed by atoms with E-state index in [1.165, 1.54) is 0 Å². The first kappa shape index (κ1) is 29.5. The van der Waals surface area contributed by atoms with Gasteiger partial charge in [0, 0.05) is 37.2 Å². The molecule has 7 heteroatoms. The monoisotopic (exact) mass is 543 g/mol. The molecule has 4 atom stereocenters. The van der Waals surface area contributed by atoms with Crippen LogP contribution < -0.4 is 10.6 Å². The number of hydrogen-bond donors (Lipinski definition) is 4. The molecular formula is C33H41N3O4. The maximum atomic E-state index is 13.4. The number of nitrogens with zero attached hydrogens (tertiary/aromatic N) is 1. The molecule has 0 saturated carbocycles. The van der Waals surface area contributed by atoms with Crippen LogP contribution in [0.3, 0.4) is 0 Å². The Hall–Kier alpha value is -3.52. The van der Waals surface area contributed by atoms with Crippen LogP contribution in [0.15, 0.2) is 78.9 Å². The fourth-order valence-corrected chi connectivity index (χ4v) is 5.44. The number of hydrogen-bond acceptors (Lipinski definition) is 5. The summed E-state index contributed by atoms with van der Waals surface area (Å²) in [6.45, 7) is 5.61. The van der Waals surface area contributed by atoms with E-state index in [1.807, 2.05) is 73.3 Å². The second-order valence-corrected chi connectivity index (χ2v) is 10.6. The summed E-state index contributed by atoms with van der Waals surface area (Å²) in [5.41, 5.74) is 3.97. The van der Waals surface area contributed by atoms with Crippen molar-refractivity contribution in [3.63, 3.8) is 0 Å². The molecule has 0 aliphatic heterocycles. The molecule has 0 aromatic heterocycles. The highest BCUT2D eigenvalue weighted by atomic mass is 16.3. The first-order chi connectivity index (χ1) is 19.4. The van der Waals surface area contributed by atoms with Crippen molar-refractivity contribution < 1.29 is 19.8 Å². The number of carbonyl (C=O) groups is 2. The van der Waals surface area contributed by atoms with Crippen LogP contribution in [0, 0.1) is 0 Å². The molecule has 212 valence electrons. The molecule has 3 aromatic rings. The summed E-state index contributed by atoms with van der Waals surface area (Å²) in [5, 5.41) is 28.2. The highest BCUT2D eigenvalue weighted by Gasteiger charge is 2.32. The molecule has 0 radical (unpaired) electrons. The predicted octanol–water partition coefficient (Wildman–Crippen LogP) is 3.90. The zero-order chi connectivity index (χ0) is 28.5. The fraction of sp³-hybridized carbons (Fsp3) is 0.394. The van der Waals surface area contributed by atoms with E-state index in [0.717, 1.165) is 29.5 Å². The minimum absolute atomic E-state index is 0.0844. The van der Waals surface area contributed by atoms with Crippen LogP contribution in [-0.2, 0) is 12.8 Å². The Morgan fingerprint density at radius 2 is 1.60 bits per heavy atom. The third-order valence-corrected chi connectivity index (χ3v) is 7.48. The number of amides is 2. The summed E-state index contributed by atoms with van der Waals surface area (Å²) in [4.78, 5) is 28.4. The van der Waals surface area contributed by atoms with Gasteiger partial charge < -0.3 is 25.7 Å². The molecule has 2 amide bonds. The van der Waals surface area contributed by atoms with Crippen molar-refractivity contribution in [3.8, 4) is 0 Å². The van der Waals surface area contributed by atoms with Crippen molar-refractivity contribution in [2.24, 2.45) is 0 Å². The second kappa shape index (κ2) is 14.2. The average molecular weight is 544 g/mol. The third kappa shape index (κ3) is 7.36. The van der Waals surface area contributed by atoms with Gasteiger partial charge in [-0.05, 0) is 54.2 Å². The van der Waals surface area contributed by atoms with Gasteiger partial charge in [0.1, 0.15) is 0 Å². The van der Waals surface area contributed by atoms with E-state index < -0.39 is 18.2 Å². The van der Waals surface area contributed by atoms with Crippen molar-refractivity contribution in [2.75, 3.05) is 19.6 Å². The minimum atomic E-state index is -0.918. The van der Waals surface area contributed by atoms with Crippen LogP contribution in [0.4, 0.5) is 0 Å². The number of fused-ring (bicyclic) bond motifs is 1. The maximum Gasteiger partial charge on any atom is 0.253 e. The van der Waals surface area contributed by atoms with Crippen molar-refractivity contribution in [1.29, 1.82) is 0 Å². The Morgan fingerprint density at radius 3 is 2.33 bits per heavy atom. The molecule has 0 bridgehead atoms. The molecule has 40 heavy (non-hydrogen) atoms. The Bertz CT molecular complexity index is 1260. The zero-order valence-electron chi connectivity index (χ0n) is 23.4. The van der Waals surface area contributed by atoms with Crippen molar-refractivity contribution in [3.05, 3.63) is 107 Å². The van der Waals surface area contributed by atoms with Crippen LogP contribution in [0.25, 0.3) is 0 Å². The van der Waals surface area contributed by atoms with E-state index in [-0.39, 0.29) is 24.4 Å². The van der Waals surface area contributed by atoms with E-state index in [2.05, 4.69) is 10.6 Å². The Morgan fingerprint density at radius 1 is 0.925 bits per heavy atom. The molecule has 0 spiro atoms. The number of aliphatic hydroxyl groups excluding tert-OH is 2. The third-order valence-electron chi connectivity index (χ3n) is 7.48. The summed E-state index contributed by atoms with van der Waals surface area (Å²) in [7, 11) is 0. The molecule has 0 heterocycles. The molecule has 3 aromatic carbocycles. The molecule has 4 rings (SSSR count). The van der Waals surface area contributed by atoms with Gasteiger partial charge in [-0.1, -0.05) is 74.5 Å². The van der Waals surface area contributed by atoms with Gasteiger partial charge in [-0.15, -0.1) is 0 Å². The van der Waals surface area contributed by atoms with Gasteiger partial charge in [-0.25, -0.2) is 0 Å². The summed E-state index contributed by atoms with van der Waals surface area (Å²) in [6, 6.07) is 23.5. The highest BCUT2D eigenvalue weighted by Crippen LogP contribution is 2.31. The van der Waals surface area contributed by atoms with Gasteiger partial charge in [0.2, 0.25) is 0 Å². The van der Waals surface area contributed by atoms with E-state index in [0.29, 0.717) is 37.1 Å². The number of benzene rings is 3. The lowest BCUT2D eigenvalue weighted by molar-refractivity contribution is 0.0755. The van der Waals surface area contributed by atoms with Crippen molar-refractivity contribution >= 4 is 11.8 Å². The van der Waals surface area contributed by atoms with Gasteiger partial charge in [0.05, 0.1) is 24.3 Å². The Balaban J connectivity index is 1.48. The molecule has 0 unspecified atom stereocenters. The van der Waals surface area contributed by atoms with Crippen LogP contribution in [0.1, 0.15) is 70.1 Å². The second-order valence-electron chi connectivity index (χ2n) is 10.6. The van der Waals surface area contributed by atoms with Crippen LogP contribution >= 0.6 is 0 Å². The van der Waals surface area contributed by atoms with E-state index in [1.54, 1.807) is 24.3 Å². The van der Waals surface area contributed by atoms with E-state index in [4.69, 9.17) is 0 Å². The maximum absolute atomic E-state index is 13.4. The lowest BCUT2D eigenvalue weighted by Crippen LogP contribution is -2.49. The van der Waals surface area contributed by atoms with Crippen LogP contribution in [-0.4, -0.2) is 64.8 Å². The van der Waals surface area contributed by atoms with E-state index in [9.17, 15) is 19.8 Å². The van der Waals surface area contributed by atoms with Crippen LogP contribution in [0.5, 0.6) is 0 Å². The molecule has 1 aliphatic rings. The standard InChI is InChI=1S/C33H41N3O4/c1-3-17-36(18-4-2)33(40)26-15-10-14-25(20-26)32(39)35-28(19-23-11-6-5-7-12-23)30(38)22-34-31-27-16-9-8-13-24(27)21-29(31)37/h5-16,20,28-31,34,37-38H,3-4,17-19,21-22H2,1-2H3,(H,35,39)/t28-,29+,30+,31-/m0/s1. The molecule has 4 N–H and O–H groups in total. The molecule has 0 fully saturated rings. The predicted molar refractivity (Wildman–Crippen MR) is 157 cm³/mol.